The molecule has 0 saturated heterocycles. The summed E-state index contributed by atoms with van der Waals surface area (Å²) in [6.07, 6.45) is 1.29. The average Bonchev–Trinajstić information content (AvgIpc) is 2.52. The van der Waals surface area contributed by atoms with Crippen LogP contribution in [-0.2, 0) is 11.3 Å². The molecule has 0 aliphatic heterocycles. The summed E-state index contributed by atoms with van der Waals surface area (Å²) in [6.45, 7) is 0.873. The van der Waals surface area contributed by atoms with Crippen LogP contribution in [0.1, 0.15) is 10.6 Å². The Morgan fingerprint density at radius 2 is 2.58 bits per heavy atom. The Hall–Kier alpha value is -1.43. The summed E-state index contributed by atoms with van der Waals surface area (Å²) < 4.78 is 5.89. The molecule has 0 spiro atoms. The van der Waals surface area contributed by atoms with E-state index in [4.69, 9.17) is 5.73 Å². The van der Waals surface area contributed by atoms with Crippen LogP contribution >= 0.6 is 0 Å². The SMILES string of the molecule is COC(=O)c1ncnn1CCN. The van der Waals surface area contributed by atoms with E-state index in [0.717, 1.165) is 0 Å². The lowest BCUT2D eigenvalue weighted by Crippen LogP contribution is -2.17. The zero-order valence-corrected chi connectivity index (χ0v) is 6.73. The Bertz CT molecular complexity index is 270. The Labute approximate surface area is 69.3 Å². The van der Waals surface area contributed by atoms with E-state index >= 15 is 0 Å². The molecule has 0 saturated carbocycles. The van der Waals surface area contributed by atoms with Crippen molar-refractivity contribution in [1.29, 1.82) is 0 Å². The van der Waals surface area contributed by atoms with Gasteiger partial charge in [0.05, 0.1) is 13.7 Å². The van der Waals surface area contributed by atoms with Crippen LogP contribution in [0.5, 0.6) is 0 Å². The van der Waals surface area contributed by atoms with Gasteiger partial charge >= 0.3 is 5.97 Å². The van der Waals surface area contributed by atoms with Crippen molar-refractivity contribution in [2.45, 2.75) is 6.54 Å². The van der Waals surface area contributed by atoms with Crippen molar-refractivity contribution in [3.8, 4) is 0 Å². The summed E-state index contributed by atoms with van der Waals surface area (Å²) in [5.41, 5.74) is 5.29. The largest absolute Gasteiger partial charge is 0.463 e. The van der Waals surface area contributed by atoms with Crippen LogP contribution in [0.3, 0.4) is 0 Å². The van der Waals surface area contributed by atoms with Gasteiger partial charge in [-0.3, -0.25) is 0 Å². The van der Waals surface area contributed by atoms with Crippen LogP contribution in [0.2, 0.25) is 0 Å². The highest BCUT2D eigenvalue weighted by Gasteiger charge is 2.12. The molecule has 0 radical (unpaired) electrons. The number of hydrogen-bond acceptors (Lipinski definition) is 5. The van der Waals surface area contributed by atoms with E-state index in [-0.39, 0.29) is 5.82 Å². The predicted octanol–water partition coefficient (Wildman–Crippen LogP) is -0.977. The van der Waals surface area contributed by atoms with E-state index in [1.54, 1.807) is 0 Å². The maximum absolute atomic E-state index is 11.0. The number of nitrogens with two attached hydrogens (primary N) is 1. The predicted molar refractivity (Wildman–Crippen MR) is 40.4 cm³/mol. The molecule has 0 bridgehead atoms. The van der Waals surface area contributed by atoms with Crippen LogP contribution in [0.4, 0.5) is 0 Å². The molecule has 0 unspecified atom stereocenters. The molecule has 0 amide bonds. The van der Waals surface area contributed by atoms with Gasteiger partial charge < -0.3 is 10.5 Å². The monoisotopic (exact) mass is 170 g/mol. The number of aromatic nitrogens is 3. The molecule has 0 fully saturated rings. The van der Waals surface area contributed by atoms with Crippen LogP contribution in [0.25, 0.3) is 0 Å². The first-order chi connectivity index (χ1) is 5.79. The molecule has 1 rings (SSSR count). The zero-order valence-electron chi connectivity index (χ0n) is 6.73. The third-order valence-electron chi connectivity index (χ3n) is 1.32. The van der Waals surface area contributed by atoms with Crippen molar-refractivity contribution in [1.82, 2.24) is 14.8 Å². The molecular weight excluding hydrogens is 160 g/mol. The zero-order chi connectivity index (χ0) is 8.97. The number of hydrogen-bond donors (Lipinski definition) is 1. The second-order valence-electron chi connectivity index (χ2n) is 2.09. The van der Waals surface area contributed by atoms with Crippen molar-refractivity contribution in [2.75, 3.05) is 13.7 Å². The molecule has 6 nitrogen and oxygen atoms in total. The van der Waals surface area contributed by atoms with E-state index in [2.05, 4.69) is 14.8 Å². The summed E-state index contributed by atoms with van der Waals surface area (Å²) in [5, 5.41) is 3.80. The third-order valence-corrected chi connectivity index (χ3v) is 1.32. The second kappa shape index (κ2) is 3.82. The highest BCUT2D eigenvalue weighted by Crippen LogP contribution is 1.94. The lowest BCUT2D eigenvalue weighted by molar-refractivity contribution is 0.0579. The van der Waals surface area contributed by atoms with Gasteiger partial charge in [0.2, 0.25) is 5.82 Å². The molecule has 66 valence electrons. The van der Waals surface area contributed by atoms with Crippen molar-refractivity contribution >= 4 is 5.97 Å². The first kappa shape index (κ1) is 8.66. The van der Waals surface area contributed by atoms with Crippen LogP contribution in [0.15, 0.2) is 6.33 Å². The fourth-order valence-corrected chi connectivity index (χ4v) is 0.799. The topological polar surface area (TPSA) is 83.0 Å². The van der Waals surface area contributed by atoms with Gasteiger partial charge in [-0.05, 0) is 0 Å². The fourth-order valence-electron chi connectivity index (χ4n) is 0.799. The second-order valence-corrected chi connectivity index (χ2v) is 2.09. The maximum atomic E-state index is 11.0. The van der Waals surface area contributed by atoms with Crippen LogP contribution in [0, 0.1) is 0 Å². The molecule has 6 heteroatoms. The summed E-state index contributed by atoms with van der Waals surface area (Å²) in [5.74, 6) is -0.316. The van der Waals surface area contributed by atoms with Gasteiger partial charge in [-0.15, -0.1) is 0 Å². The maximum Gasteiger partial charge on any atom is 0.375 e. The summed E-state index contributed by atoms with van der Waals surface area (Å²) in [6, 6.07) is 0. The van der Waals surface area contributed by atoms with E-state index in [0.29, 0.717) is 13.1 Å². The highest BCUT2D eigenvalue weighted by atomic mass is 16.5. The van der Waals surface area contributed by atoms with Gasteiger partial charge in [0.25, 0.3) is 0 Å². The minimum absolute atomic E-state index is 0.183. The lowest BCUT2D eigenvalue weighted by Gasteiger charge is -2.00. The fraction of sp³-hybridized carbons (Fsp3) is 0.500. The molecule has 0 aromatic carbocycles. The van der Waals surface area contributed by atoms with Gasteiger partial charge in [-0.1, -0.05) is 0 Å². The number of nitrogens with zero attached hydrogens (tertiary/aromatic N) is 3. The van der Waals surface area contributed by atoms with Crippen molar-refractivity contribution < 1.29 is 9.53 Å². The molecule has 1 aromatic heterocycles. The molecule has 0 aliphatic carbocycles. The van der Waals surface area contributed by atoms with E-state index in [9.17, 15) is 4.79 Å². The van der Waals surface area contributed by atoms with E-state index < -0.39 is 5.97 Å². The summed E-state index contributed by atoms with van der Waals surface area (Å²) in [7, 11) is 1.30. The summed E-state index contributed by atoms with van der Waals surface area (Å²) in [4.78, 5) is 14.7. The van der Waals surface area contributed by atoms with Crippen molar-refractivity contribution in [3.63, 3.8) is 0 Å². The lowest BCUT2D eigenvalue weighted by atomic mass is 10.5. The molecule has 2 N–H and O–H groups in total. The molecule has 0 aliphatic rings. The Balaban J connectivity index is 2.83. The van der Waals surface area contributed by atoms with Crippen molar-refractivity contribution in [2.24, 2.45) is 5.73 Å². The van der Waals surface area contributed by atoms with Gasteiger partial charge in [0.15, 0.2) is 0 Å². The molecular formula is C6H10N4O2. The number of rotatable bonds is 3. The Kier molecular flexibility index (Phi) is 2.76. The molecule has 12 heavy (non-hydrogen) atoms. The Morgan fingerprint density at radius 1 is 1.83 bits per heavy atom. The van der Waals surface area contributed by atoms with E-state index in [1.807, 2.05) is 0 Å². The van der Waals surface area contributed by atoms with Gasteiger partial charge in [-0.2, -0.15) is 5.10 Å². The van der Waals surface area contributed by atoms with E-state index in [1.165, 1.54) is 18.1 Å². The first-order valence-corrected chi connectivity index (χ1v) is 3.45. The average molecular weight is 170 g/mol. The first-order valence-electron chi connectivity index (χ1n) is 3.45. The minimum Gasteiger partial charge on any atom is -0.463 e. The quantitative estimate of drug-likeness (QED) is 0.590. The van der Waals surface area contributed by atoms with Crippen molar-refractivity contribution in [3.05, 3.63) is 12.2 Å². The summed E-state index contributed by atoms with van der Waals surface area (Å²) >= 11 is 0. The van der Waals surface area contributed by atoms with Gasteiger partial charge in [0, 0.05) is 6.54 Å². The normalized spacial score (nSPS) is 9.83. The number of methoxy groups -OCH3 is 1. The Morgan fingerprint density at radius 3 is 3.17 bits per heavy atom. The molecule has 1 heterocycles. The number of carbonyl (C=O) groups excluding carboxylic acids is 1. The number of esters is 1. The number of carbonyl (C=O) groups is 1. The minimum atomic E-state index is -0.499. The molecule has 1 aromatic rings. The third kappa shape index (κ3) is 1.59. The van der Waals surface area contributed by atoms with Gasteiger partial charge in [0.1, 0.15) is 6.33 Å². The molecule has 0 atom stereocenters. The van der Waals surface area contributed by atoms with Crippen LogP contribution < -0.4 is 5.73 Å². The smallest absolute Gasteiger partial charge is 0.375 e. The standard InChI is InChI=1S/C6H10N4O2/c1-12-6(11)5-8-4-9-10(5)3-2-7/h4H,2-3,7H2,1H3. The highest BCUT2D eigenvalue weighted by molar-refractivity contribution is 5.85. The van der Waals surface area contributed by atoms with Crippen LogP contribution in [-0.4, -0.2) is 34.4 Å². The number of ether oxygens (including phenoxy) is 1. The van der Waals surface area contributed by atoms with Gasteiger partial charge in [-0.25, -0.2) is 14.5 Å².